The highest BCUT2D eigenvalue weighted by molar-refractivity contribution is 5.87. The van der Waals surface area contributed by atoms with E-state index in [9.17, 15) is 9.59 Å². The predicted octanol–water partition coefficient (Wildman–Crippen LogP) is 1.96. The molecule has 1 aromatic heterocycles. The maximum absolute atomic E-state index is 11.4. The molecule has 0 aliphatic carbocycles. The smallest absolute Gasteiger partial charge is 0.343 e. The Balaban J connectivity index is 2.53. The Morgan fingerprint density at radius 1 is 1.26 bits per heavy atom. The summed E-state index contributed by atoms with van der Waals surface area (Å²) in [5.41, 5.74) is 1.66. The molecular formula is C14H14O5. The lowest BCUT2D eigenvalue weighted by atomic mass is 10.1. The summed E-state index contributed by atoms with van der Waals surface area (Å²) in [7, 11) is 1.30. The van der Waals surface area contributed by atoms with E-state index in [0.29, 0.717) is 16.7 Å². The van der Waals surface area contributed by atoms with Crippen LogP contribution in [0.4, 0.5) is 0 Å². The van der Waals surface area contributed by atoms with Gasteiger partial charge in [0.15, 0.2) is 6.61 Å². The van der Waals surface area contributed by atoms with Crippen LogP contribution in [0.5, 0.6) is 5.75 Å². The molecule has 1 heterocycles. The summed E-state index contributed by atoms with van der Waals surface area (Å²) in [6.45, 7) is 3.46. The number of carbonyl (C=O) groups excluding carboxylic acids is 1. The normalized spacial score (nSPS) is 10.5. The van der Waals surface area contributed by atoms with Gasteiger partial charge in [0.2, 0.25) is 0 Å². The molecule has 0 spiro atoms. The summed E-state index contributed by atoms with van der Waals surface area (Å²) >= 11 is 0. The van der Waals surface area contributed by atoms with Gasteiger partial charge in [-0.05, 0) is 37.1 Å². The monoisotopic (exact) mass is 262 g/mol. The van der Waals surface area contributed by atoms with Crippen molar-refractivity contribution in [1.29, 1.82) is 0 Å². The minimum absolute atomic E-state index is 0.187. The van der Waals surface area contributed by atoms with Crippen LogP contribution in [0.3, 0.4) is 0 Å². The minimum atomic E-state index is -0.468. The lowest BCUT2D eigenvalue weighted by Gasteiger charge is -2.10. The van der Waals surface area contributed by atoms with Crippen molar-refractivity contribution in [3.05, 3.63) is 39.7 Å². The van der Waals surface area contributed by atoms with Crippen LogP contribution in [0.2, 0.25) is 0 Å². The van der Waals surface area contributed by atoms with Gasteiger partial charge in [0.25, 0.3) is 0 Å². The standard InChI is InChI=1S/C14H14O5/c1-8-4-10(18-7-13(16)17-3)14-9(2)6-12(15)19-11(14)5-8/h4-6H,7H2,1-3H3. The van der Waals surface area contributed by atoms with Crippen LogP contribution in [0.1, 0.15) is 11.1 Å². The third-order valence-electron chi connectivity index (χ3n) is 2.72. The summed E-state index contributed by atoms with van der Waals surface area (Å²) in [5, 5.41) is 0.689. The molecule has 0 bridgehead atoms. The Morgan fingerprint density at radius 2 is 2.00 bits per heavy atom. The number of carbonyl (C=O) groups is 1. The van der Waals surface area contributed by atoms with E-state index in [1.165, 1.54) is 13.2 Å². The summed E-state index contributed by atoms with van der Waals surface area (Å²) in [6, 6.07) is 4.94. The van der Waals surface area contributed by atoms with Gasteiger partial charge < -0.3 is 13.9 Å². The van der Waals surface area contributed by atoms with Crippen molar-refractivity contribution in [2.24, 2.45) is 0 Å². The number of benzene rings is 1. The molecule has 0 saturated carbocycles. The fourth-order valence-corrected chi connectivity index (χ4v) is 1.89. The zero-order valence-corrected chi connectivity index (χ0v) is 11.0. The molecule has 0 N–H and O–H groups in total. The van der Waals surface area contributed by atoms with Gasteiger partial charge in [0.05, 0.1) is 12.5 Å². The SMILES string of the molecule is COC(=O)COc1cc(C)cc2oc(=O)cc(C)c12. The highest BCUT2D eigenvalue weighted by Crippen LogP contribution is 2.29. The van der Waals surface area contributed by atoms with Crippen LogP contribution in [-0.2, 0) is 9.53 Å². The van der Waals surface area contributed by atoms with Gasteiger partial charge in [-0.1, -0.05) is 0 Å². The van der Waals surface area contributed by atoms with Crippen LogP contribution < -0.4 is 10.4 Å². The first kappa shape index (κ1) is 13.1. The number of aryl methyl sites for hydroxylation is 2. The Bertz CT molecular complexity index is 684. The van der Waals surface area contributed by atoms with Crippen LogP contribution >= 0.6 is 0 Å². The van der Waals surface area contributed by atoms with E-state index in [1.807, 2.05) is 6.92 Å². The second-order valence-corrected chi connectivity index (χ2v) is 4.25. The maximum atomic E-state index is 11.4. The Morgan fingerprint density at radius 3 is 2.68 bits per heavy atom. The van der Waals surface area contributed by atoms with Crippen LogP contribution in [-0.4, -0.2) is 19.7 Å². The molecule has 5 nitrogen and oxygen atoms in total. The van der Waals surface area contributed by atoms with Gasteiger partial charge in [-0.25, -0.2) is 9.59 Å². The van der Waals surface area contributed by atoms with Gasteiger partial charge in [-0.15, -0.1) is 0 Å². The molecule has 2 rings (SSSR count). The van der Waals surface area contributed by atoms with Crippen molar-refractivity contribution in [1.82, 2.24) is 0 Å². The van der Waals surface area contributed by atoms with Gasteiger partial charge in [-0.2, -0.15) is 0 Å². The first-order valence-corrected chi connectivity index (χ1v) is 5.76. The Hall–Kier alpha value is -2.30. The molecule has 0 aliphatic heterocycles. The fourth-order valence-electron chi connectivity index (χ4n) is 1.89. The summed E-state index contributed by atoms with van der Waals surface area (Å²) in [5.74, 6) is 0.0337. The molecule has 1 aromatic carbocycles. The average molecular weight is 262 g/mol. The van der Waals surface area contributed by atoms with Crippen LogP contribution in [0.15, 0.2) is 27.4 Å². The van der Waals surface area contributed by atoms with Gasteiger partial charge in [-0.3, -0.25) is 0 Å². The van der Waals surface area contributed by atoms with Crippen molar-refractivity contribution in [2.45, 2.75) is 13.8 Å². The van der Waals surface area contributed by atoms with E-state index in [2.05, 4.69) is 4.74 Å². The molecule has 0 amide bonds. The van der Waals surface area contributed by atoms with E-state index in [4.69, 9.17) is 9.15 Å². The number of esters is 1. The lowest BCUT2D eigenvalue weighted by Crippen LogP contribution is -2.13. The fraction of sp³-hybridized carbons (Fsp3) is 0.286. The van der Waals surface area contributed by atoms with Crippen molar-refractivity contribution >= 4 is 16.9 Å². The lowest BCUT2D eigenvalue weighted by molar-refractivity contribution is -0.142. The zero-order chi connectivity index (χ0) is 14.0. The van der Waals surface area contributed by atoms with Gasteiger partial charge >= 0.3 is 11.6 Å². The number of hydrogen-bond donors (Lipinski definition) is 0. The molecule has 5 heteroatoms. The molecule has 2 aromatic rings. The van der Waals surface area contributed by atoms with Crippen molar-refractivity contribution in [2.75, 3.05) is 13.7 Å². The number of hydrogen-bond acceptors (Lipinski definition) is 5. The van der Waals surface area contributed by atoms with Crippen molar-refractivity contribution < 1.29 is 18.7 Å². The molecule has 0 radical (unpaired) electrons. The molecule has 100 valence electrons. The van der Waals surface area contributed by atoms with Crippen LogP contribution in [0.25, 0.3) is 11.0 Å². The minimum Gasteiger partial charge on any atom is -0.481 e. The summed E-state index contributed by atoms with van der Waals surface area (Å²) in [6.07, 6.45) is 0. The number of ether oxygens (including phenoxy) is 2. The predicted molar refractivity (Wildman–Crippen MR) is 69.5 cm³/mol. The highest BCUT2D eigenvalue weighted by atomic mass is 16.6. The topological polar surface area (TPSA) is 65.7 Å². The second kappa shape index (κ2) is 5.14. The van der Waals surface area contributed by atoms with Crippen LogP contribution in [0, 0.1) is 13.8 Å². The van der Waals surface area contributed by atoms with E-state index < -0.39 is 11.6 Å². The molecule has 19 heavy (non-hydrogen) atoms. The number of methoxy groups -OCH3 is 1. The zero-order valence-electron chi connectivity index (χ0n) is 11.0. The van der Waals surface area contributed by atoms with Crippen molar-refractivity contribution in [3.8, 4) is 5.75 Å². The third kappa shape index (κ3) is 2.76. The average Bonchev–Trinajstić information content (AvgIpc) is 2.34. The molecular weight excluding hydrogens is 248 g/mol. The van der Waals surface area contributed by atoms with E-state index in [-0.39, 0.29) is 6.61 Å². The first-order valence-electron chi connectivity index (χ1n) is 5.76. The van der Waals surface area contributed by atoms with Gasteiger partial charge in [0, 0.05) is 6.07 Å². The summed E-state index contributed by atoms with van der Waals surface area (Å²) < 4.78 is 15.1. The van der Waals surface area contributed by atoms with Crippen molar-refractivity contribution in [3.63, 3.8) is 0 Å². The van der Waals surface area contributed by atoms with E-state index >= 15 is 0 Å². The first-order chi connectivity index (χ1) is 9.01. The maximum Gasteiger partial charge on any atom is 0.343 e. The third-order valence-corrected chi connectivity index (χ3v) is 2.72. The highest BCUT2D eigenvalue weighted by Gasteiger charge is 2.11. The Kier molecular flexibility index (Phi) is 3.55. The van der Waals surface area contributed by atoms with Gasteiger partial charge in [0.1, 0.15) is 11.3 Å². The van der Waals surface area contributed by atoms with E-state index in [1.54, 1.807) is 19.1 Å². The Labute approximate surface area is 109 Å². The van der Waals surface area contributed by atoms with E-state index in [0.717, 1.165) is 11.1 Å². The number of rotatable bonds is 3. The molecule has 0 atom stereocenters. The molecule has 0 unspecified atom stereocenters. The molecule has 0 saturated heterocycles. The molecule has 0 fully saturated rings. The quantitative estimate of drug-likeness (QED) is 0.625. The molecule has 0 aliphatic rings. The largest absolute Gasteiger partial charge is 0.481 e. The second-order valence-electron chi connectivity index (χ2n) is 4.25. The summed E-state index contributed by atoms with van der Waals surface area (Å²) in [4.78, 5) is 22.5. The number of fused-ring (bicyclic) bond motifs is 1.